The summed E-state index contributed by atoms with van der Waals surface area (Å²) < 4.78 is 0.720. The van der Waals surface area contributed by atoms with Crippen LogP contribution in [0.25, 0.3) is 0 Å². The van der Waals surface area contributed by atoms with Gasteiger partial charge in [0.25, 0.3) is 0 Å². The molecular formula is C11H14BrN5. The Bertz CT molecular complexity index is 456. The minimum absolute atomic E-state index is 0.143. The number of hydrogen-bond acceptors (Lipinski definition) is 5. The molecule has 0 radical (unpaired) electrons. The maximum atomic E-state index is 8.80. The van der Waals surface area contributed by atoms with Crippen LogP contribution in [0.2, 0.25) is 0 Å². The average Bonchev–Trinajstić information content (AvgIpc) is 2.75. The van der Waals surface area contributed by atoms with Crippen LogP contribution in [0.3, 0.4) is 0 Å². The smallest absolute Gasteiger partial charge is 0.234 e. The van der Waals surface area contributed by atoms with Gasteiger partial charge in [-0.3, -0.25) is 5.01 Å². The van der Waals surface area contributed by atoms with Crippen molar-refractivity contribution in [2.45, 2.75) is 32.2 Å². The number of rotatable bonds is 2. The van der Waals surface area contributed by atoms with Gasteiger partial charge < -0.3 is 0 Å². The van der Waals surface area contributed by atoms with Crippen molar-refractivity contribution in [1.82, 2.24) is 9.97 Å². The Morgan fingerprint density at radius 3 is 2.94 bits per heavy atom. The lowest BCUT2D eigenvalue weighted by atomic mass is 10.1. The highest BCUT2D eigenvalue weighted by molar-refractivity contribution is 9.10. The van der Waals surface area contributed by atoms with Gasteiger partial charge in [0.15, 0.2) is 5.82 Å². The molecule has 0 unspecified atom stereocenters. The molecular weight excluding hydrogens is 282 g/mol. The van der Waals surface area contributed by atoms with E-state index in [4.69, 9.17) is 11.1 Å². The van der Waals surface area contributed by atoms with Crippen LogP contribution in [0.4, 0.5) is 5.82 Å². The van der Waals surface area contributed by atoms with Gasteiger partial charge >= 0.3 is 0 Å². The van der Waals surface area contributed by atoms with E-state index in [9.17, 15) is 0 Å². The van der Waals surface area contributed by atoms with Gasteiger partial charge in [-0.2, -0.15) is 10.2 Å². The van der Waals surface area contributed by atoms with Crippen molar-refractivity contribution < 1.29 is 0 Å². The fourth-order valence-electron chi connectivity index (χ4n) is 2.29. The van der Waals surface area contributed by atoms with E-state index < -0.39 is 0 Å². The van der Waals surface area contributed by atoms with Crippen LogP contribution in [0.15, 0.2) is 10.7 Å². The summed E-state index contributed by atoms with van der Waals surface area (Å²) in [6.07, 6.45) is 5.01. The van der Waals surface area contributed by atoms with E-state index in [-0.39, 0.29) is 11.9 Å². The standard InChI is InChI=1S/C11H14BrN5/c1-7-3-2-4-9(7)17(14)11-8(12)6-15-10(5-13)16-11/h6-7,9H,2-4,14H2,1H3/t7-,9+/m0/s1. The summed E-state index contributed by atoms with van der Waals surface area (Å²) in [5.41, 5.74) is 0. The lowest BCUT2D eigenvalue weighted by Crippen LogP contribution is -2.43. The third-order valence-electron chi connectivity index (χ3n) is 3.24. The topological polar surface area (TPSA) is 78.8 Å². The molecule has 1 aromatic heterocycles. The Morgan fingerprint density at radius 2 is 2.35 bits per heavy atom. The summed E-state index contributed by atoms with van der Waals surface area (Å²) in [4.78, 5) is 8.04. The molecule has 1 aromatic rings. The molecule has 0 spiro atoms. The highest BCUT2D eigenvalue weighted by Gasteiger charge is 2.29. The van der Waals surface area contributed by atoms with E-state index in [0.717, 1.165) is 10.9 Å². The van der Waals surface area contributed by atoms with Crippen molar-refractivity contribution in [2.75, 3.05) is 5.01 Å². The number of hydrazine groups is 1. The Morgan fingerprint density at radius 1 is 1.59 bits per heavy atom. The van der Waals surface area contributed by atoms with Crippen LogP contribution < -0.4 is 10.9 Å². The van der Waals surface area contributed by atoms with Crippen LogP contribution >= 0.6 is 15.9 Å². The van der Waals surface area contributed by atoms with Gasteiger partial charge in [-0.25, -0.2) is 10.8 Å². The highest BCUT2D eigenvalue weighted by atomic mass is 79.9. The summed E-state index contributed by atoms with van der Waals surface area (Å²) in [5.74, 6) is 7.40. The first-order valence-electron chi connectivity index (χ1n) is 5.60. The van der Waals surface area contributed by atoms with Gasteiger partial charge in [0.05, 0.1) is 4.47 Å². The van der Waals surface area contributed by atoms with Crippen LogP contribution in [-0.4, -0.2) is 16.0 Å². The number of anilines is 1. The molecule has 1 aliphatic carbocycles. The van der Waals surface area contributed by atoms with Gasteiger partial charge in [0.1, 0.15) is 6.07 Å². The van der Waals surface area contributed by atoms with Gasteiger partial charge in [0, 0.05) is 12.2 Å². The largest absolute Gasteiger partial charge is 0.290 e. The van der Waals surface area contributed by atoms with E-state index in [1.807, 2.05) is 6.07 Å². The number of nitrogens with zero attached hydrogens (tertiary/aromatic N) is 4. The molecule has 0 bridgehead atoms. The third kappa shape index (κ3) is 2.40. The predicted octanol–water partition coefficient (Wildman–Crippen LogP) is 1.98. The highest BCUT2D eigenvalue weighted by Crippen LogP contribution is 2.32. The molecule has 1 aliphatic rings. The summed E-state index contributed by atoms with van der Waals surface area (Å²) in [6, 6.07) is 2.21. The second kappa shape index (κ2) is 4.98. The summed E-state index contributed by atoms with van der Waals surface area (Å²) in [5, 5.41) is 10.5. The number of nitrogens with two attached hydrogens (primary N) is 1. The molecule has 0 amide bonds. The van der Waals surface area contributed by atoms with Crippen LogP contribution in [-0.2, 0) is 0 Å². The number of hydrogen-bond donors (Lipinski definition) is 1. The van der Waals surface area contributed by atoms with Crippen LogP contribution in [0, 0.1) is 17.2 Å². The minimum atomic E-state index is 0.143. The molecule has 5 nitrogen and oxygen atoms in total. The van der Waals surface area contributed by atoms with E-state index in [2.05, 4.69) is 32.8 Å². The third-order valence-corrected chi connectivity index (χ3v) is 3.80. The summed E-state index contributed by atoms with van der Waals surface area (Å²) in [6.45, 7) is 2.19. The molecule has 1 saturated carbocycles. The lowest BCUT2D eigenvalue weighted by Gasteiger charge is -2.28. The van der Waals surface area contributed by atoms with Gasteiger partial charge in [-0.1, -0.05) is 13.3 Å². The fourth-order valence-corrected chi connectivity index (χ4v) is 2.69. The number of aromatic nitrogens is 2. The molecule has 0 saturated heterocycles. The molecule has 1 fully saturated rings. The number of nitriles is 1. The zero-order valence-corrected chi connectivity index (χ0v) is 11.2. The Kier molecular flexibility index (Phi) is 3.60. The second-order valence-electron chi connectivity index (χ2n) is 4.36. The van der Waals surface area contributed by atoms with Crippen LogP contribution in [0.1, 0.15) is 32.0 Å². The molecule has 6 heteroatoms. The molecule has 2 atom stereocenters. The first-order chi connectivity index (χ1) is 8.13. The molecule has 2 rings (SSSR count). The summed E-state index contributed by atoms with van der Waals surface area (Å²) in [7, 11) is 0. The normalized spacial score (nSPS) is 23.4. The van der Waals surface area contributed by atoms with E-state index in [1.54, 1.807) is 11.2 Å². The molecule has 0 aromatic carbocycles. The fraction of sp³-hybridized carbons (Fsp3) is 0.545. The van der Waals surface area contributed by atoms with Crippen molar-refractivity contribution in [1.29, 1.82) is 5.26 Å². The summed E-state index contributed by atoms with van der Waals surface area (Å²) >= 11 is 3.37. The molecule has 2 N–H and O–H groups in total. The zero-order valence-electron chi connectivity index (χ0n) is 9.60. The van der Waals surface area contributed by atoms with Crippen molar-refractivity contribution >= 4 is 21.7 Å². The molecule has 1 heterocycles. The quantitative estimate of drug-likeness (QED) is 0.667. The number of halogens is 1. The average molecular weight is 296 g/mol. The van der Waals surface area contributed by atoms with E-state index in [1.165, 1.54) is 12.8 Å². The van der Waals surface area contributed by atoms with Crippen molar-refractivity contribution in [2.24, 2.45) is 11.8 Å². The zero-order chi connectivity index (χ0) is 12.4. The predicted molar refractivity (Wildman–Crippen MR) is 67.9 cm³/mol. The van der Waals surface area contributed by atoms with Crippen molar-refractivity contribution in [3.63, 3.8) is 0 Å². The molecule has 90 valence electrons. The molecule has 0 aliphatic heterocycles. The monoisotopic (exact) mass is 295 g/mol. The van der Waals surface area contributed by atoms with Crippen molar-refractivity contribution in [3.8, 4) is 6.07 Å². The van der Waals surface area contributed by atoms with Gasteiger partial charge in [-0.15, -0.1) is 0 Å². The SMILES string of the molecule is C[C@H]1CCC[C@H]1N(N)c1nc(C#N)ncc1Br. The van der Waals surface area contributed by atoms with Crippen molar-refractivity contribution in [3.05, 3.63) is 16.5 Å². The second-order valence-corrected chi connectivity index (χ2v) is 5.21. The molecule has 17 heavy (non-hydrogen) atoms. The Labute approximate surface area is 109 Å². The Hall–Kier alpha value is -1.19. The lowest BCUT2D eigenvalue weighted by molar-refractivity contribution is 0.486. The maximum absolute atomic E-state index is 8.80. The van der Waals surface area contributed by atoms with Crippen LogP contribution in [0.5, 0.6) is 0 Å². The maximum Gasteiger partial charge on any atom is 0.234 e. The van der Waals surface area contributed by atoms with E-state index in [0.29, 0.717) is 11.7 Å². The van der Waals surface area contributed by atoms with E-state index >= 15 is 0 Å². The Balaban J connectivity index is 2.30. The minimum Gasteiger partial charge on any atom is -0.290 e. The first-order valence-corrected chi connectivity index (χ1v) is 6.39. The first kappa shape index (κ1) is 12.3. The van der Waals surface area contributed by atoms with Gasteiger partial charge in [0.2, 0.25) is 5.82 Å². The van der Waals surface area contributed by atoms with Gasteiger partial charge in [-0.05, 0) is 34.7 Å².